The molecule has 6 rings (SSSR count). The predicted octanol–water partition coefficient (Wildman–Crippen LogP) is 6.13. The first-order valence-corrected chi connectivity index (χ1v) is 10.9. The Hall–Kier alpha value is -3.18. The van der Waals surface area contributed by atoms with Crippen LogP contribution in [0.3, 0.4) is 0 Å². The minimum Gasteiger partial charge on any atom is -0.397 e. The molecular weight excluding hydrogens is 376 g/mol. The number of hydrogen-bond acceptors (Lipinski definition) is 4. The van der Waals surface area contributed by atoms with Crippen LogP contribution in [0.5, 0.6) is 0 Å². The van der Waals surface area contributed by atoms with Crippen LogP contribution in [0.15, 0.2) is 66.2 Å². The predicted molar refractivity (Wildman–Crippen MR) is 120 cm³/mol. The number of nitrogen functional groups attached to an aromatic ring is 1. The second-order valence-electron chi connectivity index (χ2n) is 7.71. The zero-order valence-electron chi connectivity index (χ0n) is 15.9. The highest BCUT2D eigenvalue weighted by Gasteiger charge is 2.26. The van der Waals surface area contributed by atoms with Crippen LogP contribution in [0.1, 0.15) is 31.0 Å². The molecule has 0 spiro atoms. The fraction of sp³-hybridized carbons (Fsp3) is 0.167. The Morgan fingerprint density at radius 3 is 2.69 bits per heavy atom. The summed E-state index contributed by atoms with van der Waals surface area (Å²) in [5, 5.41) is 3.21. The summed E-state index contributed by atoms with van der Waals surface area (Å²) in [5.41, 5.74) is 12.2. The van der Waals surface area contributed by atoms with Crippen LogP contribution in [-0.2, 0) is 0 Å². The van der Waals surface area contributed by atoms with Gasteiger partial charge in [0.05, 0.1) is 33.0 Å². The largest absolute Gasteiger partial charge is 0.397 e. The van der Waals surface area contributed by atoms with Gasteiger partial charge in [-0.3, -0.25) is 0 Å². The van der Waals surface area contributed by atoms with Gasteiger partial charge in [0, 0.05) is 23.1 Å². The van der Waals surface area contributed by atoms with Gasteiger partial charge in [-0.2, -0.15) is 0 Å². The van der Waals surface area contributed by atoms with Crippen LogP contribution in [0.4, 0.5) is 5.69 Å². The van der Waals surface area contributed by atoms with Gasteiger partial charge in [-0.1, -0.05) is 30.7 Å². The third kappa shape index (κ3) is 2.65. The smallest absolute Gasteiger partial charge is 0.117 e. The molecule has 29 heavy (non-hydrogen) atoms. The van der Waals surface area contributed by atoms with Crippen molar-refractivity contribution in [3.63, 3.8) is 0 Å². The van der Waals surface area contributed by atoms with Gasteiger partial charge in [0.1, 0.15) is 5.82 Å². The molecule has 142 valence electrons. The molecule has 1 fully saturated rings. The molecule has 4 nitrogen and oxygen atoms in total. The third-order valence-electron chi connectivity index (χ3n) is 5.93. The summed E-state index contributed by atoms with van der Waals surface area (Å²) in [6, 6.07) is 18.8. The maximum absolute atomic E-state index is 6.39. The summed E-state index contributed by atoms with van der Waals surface area (Å²) >= 11 is 1.71. The van der Waals surface area contributed by atoms with E-state index in [4.69, 9.17) is 15.7 Å². The Morgan fingerprint density at radius 2 is 1.90 bits per heavy atom. The number of rotatable bonds is 3. The SMILES string of the molecule is Nc1cccn2c(C3CCC3)nc(-c3ccc4ccc(-c5cccs5)nc4c3)c12. The molecule has 0 aliphatic heterocycles. The number of benzene rings is 1. The van der Waals surface area contributed by atoms with E-state index < -0.39 is 0 Å². The molecule has 4 aromatic heterocycles. The van der Waals surface area contributed by atoms with Crippen molar-refractivity contribution in [1.82, 2.24) is 14.4 Å². The van der Waals surface area contributed by atoms with Crippen LogP contribution in [-0.4, -0.2) is 14.4 Å². The highest BCUT2D eigenvalue weighted by Crippen LogP contribution is 2.40. The number of imidazole rings is 1. The van der Waals surface area contributed by atoms with E-state index in [1.54, 1.807) is 11.3 Å². The first-order valence-electron chi connectivity index (χ1n) is 9.99. The van der Waals surface area contributed by atoms with Crippen LogP contribution >= 0.6 is 11.3 Å². The molecule has 0 unspecified atom stereocenters. The number of thiophene rings is 1. The molecule has 5 aromatic rings. The van der Waals surface area contributed by atoms with Crippen molar-refractivity contribution in [2.75, 3.05) is 5.73 Å². The summed E-state index contributed by atoms with van der Waals surface area (Å²) < 4.78 is 2.19. The summed E-state index contributed by atoms with van der Waals surface area (Å²) in [5.74, 6) is 1.66. The van der Waals surface area contributed by atoms with Gasteiger partial charge in [-0.15, -0.1) is 11.3 Å². The number of anilines is 1. The molecule has 0 bridgehead atoms. The molecule has 1 aromatic carbocycles. The topological polar surface area (TPSA) is 56.2 Å². The lowest BCUT2D eigenvalue weighted by Crippen LogP contribution is -2.12. The van der Waals surface area contributed by atoms with Crippen LogP contribution in [0.25, 0.3) is 38.2 Å². The molecular formula is C24H20N4S. The summed E-state index contributed by atoms with van der Waals surface area (Å²) in [6.07, 6.45) is 5.78. The van der Waals surface area contributed by atoms with Gasteiger partial charge in [-0.25, -0.2) is 9.97 Å². The van der Waals surface area contributed by atoms with Gasteiger partial charge < -0.3 is 10.1 Å². The summed E-state index contributed by atoms with van der Waals surface area (Å²) in [6.45, 7) is 0. The Balaban J connectivity index is 1.55. The Morgan fingerprint density at radius 1 is 1.00 bits per heavy atom. The van der Waals surface area contributed by atoms with Gasteiger partial charge >= 0.3 is 0 Å². The molecule has 1 saturated carbocycles. The van der Waals surface area contributed by atoms with Gasteiger partial charge in [0.25, 0.3) is 0 Å². The Labute approximate surface area is 172 Å². The molecule has 4 heterocycles. The second-order valence-corrected chi connectivity index (χ2v) is 8.66. The lowest BCUT2D eigenvalue weighted by Gasteiger charge is -2.23. The quantitative estimate of drug-likeness (QED) is 0.399. The maximum atomic E-state index is 6.39. The highest BCUT2D eigenvalue weighted by molar-refractivity contribution is 7.13. The van der Waals surface area contributed by atoms with Crippen LogP contribution < -0.4 is 5.73 Å². The third-order valence-corrected chi connectivity index (χ3v) is 6.82. The molecule has 0 atom stereocenters. The minimum absolute atomic E-state index is 0.530. The molecule has 0 saturated heterocycles. The molecule has 0 amide bonds. The zero-order valence-corrected chi connectivity index (χ0v) is 16.7. The number of nitrogens with zero attached hydrogens (tertiary/aromatic N) is 3. The van der Waals surface area contributed by atoms with Gasteiger partial charge in [0.2, 0.25) is 0 Å². The van der Waals surface area contributed by atoms with Crippen molar-refractivity contribution in [3.8, 4) is 21.8 Å². The van der Waals surface area contributed by atoms with Crippen molar-refractivity contribution >= 4 is 33.4 Å². The number of hydrogen-bond donors (Lipinski definition) is 1. The van der Waals surface area contributed by atoms with Crippen molar-refractivity contribution in [2.45, 2.75) is 25.2 Å². The average molecular weight is 397 g/mol. The van der Waals surface area contributed by atoms with Gasteiger partial charge in [-0.05, 0) is 48.6 Å². The second kappa shape index (κ2) is 6.42. The normalized spacial score (nSPS) is 14.5. The van der Waals surface area contributed by atoms with E-state index in [1.807, 2.05) is 12.1 Å². The minimum atomic E-state index is 0.530. The average Bonchev–Trinajstić information content (AvgIpc) is 3.36. The van der Waals surface area contributed by atoms with E-state index in [1.165, 1.54) is 24.1 Å². The number of aromatic nitrogens is 3. The standard InChI is InChI=1S/C24H20N4S/c25-18-6-2-12-28-23(18)22(27-24(28)16-4-1-5-16)17-9-8-15-10-11-19(26-20(15)14-17)21-7-3-13-29-21/h2-3,6-14,16H,1,4-5,25H2. The van der Waals surface area contributed by atoms with E-state index >= 15 is 0 Å². The Bertz CT molecular complexity index is 1350. The van der Waals surface area contributed by atoms with Crippen LogP contribution in [0.2, 0.25) is 0 Å². The van der Waals surface area contributed by atoms with E-state index in [9.17, 15) is 0 Å². The fourth-order valence-electron chi connectivity index (χ4n) is 4.17. The molecule has 2 N–H and O–H groups in total. The first-order chi connectivity index (χ1) is 14.3. The molecule has 5 heteroatoms. The summed E-state index contributed by atoms with van der Waals surface area (Å²) in [4.78, 5) is 11.2. The van der Waals surface area contributed by atoms with E-state index in [2.05, 4.69) is 58.4 Å². The van der Waals surface area contributed by atoms with E-state index in [0.717, 1.165) is 44.9 Å². The number of nitrogens with two attached hydrogens (primary N) is 1. The van der Waals surface area contributed by atoms with Gasteiger partial charge in [0.15, 0.2) is 0 Å². The number of pyridine rings is 2. The van der Waals surface area contributed by atoms with E-state index in [-0.39, 0.29) is 0 Å². The molecule has 1 aliphatic carbocycles. The Kier molecular flexibility index (Phi) is 3.71. The fourth-order valence-corrected chi connectivity index (χ4v) is 4.87. The maximum Gasteiger partial charge on any atom is 0.117 e. The summed E-state index contributed by atoms with van der Waals surface area (Å²) in [7, 11) is 0. The highest BCUT2D eigenvalue weighted by atomic mass is 32.1. The monoisotopic (exact) mass is 396 g/mol. The van der Waals surface area contributed by atoms with Crippen molar-refractivity contribution in [2.24, 2.45) is 0 Å². The van der Waals surface area contributed by atoms with E-state index in [0.29, 0.717) is 5.92 Å². The van der Waals surface area contributed by atoms with Crippen molar-refractivity contribution in [3.05, 3.63) is 72.0 Å². The lowest BCUT2D eigenvalue weighted by atomic mass is 9.85. The number of fused-ring (bicyclic) bond motifs is 2. The lowest BCUT2D eigenvalue weighted by molar-refractivity contribution is 0.400. The van der Waals surface area contributed by atoms with Crippen LogP contribution in [0, 0.1) is 0 Å². The zero-order chi connectivity index (χ0) is 19.4. The molecule has 1 aliphatic rings. The van der Waals surface area contributed by atoms with Crippen molar-refractivity contribution in [1.29, 1.82) is 0 Å². The van der Waals surface area contributed by atoms with Crippen molar-refractivity contribution < 1.29 is 0 Å². The molecule has 0 radical (unpaired) electrons. The first kappa shape index (κ1) is 16.7.